The van der Waals surface area contributed by atoms with Crippen LogP contribution in [-0.2, 0) is 16.1 Å². The Morgan fingerprint density at radius 3 is 2.26 bits per heavy atom. The highest BCUT2D eigenvalue weighted by molar-refractivity contribution is 5.69. The fraction of sp³-hybridized carbons (Fsp3) is 0.632. The maximum Gasteiger partial charge on any atom is 0.306 e. The minimum absolute atomic E-state index is 0.0831. The quantitative estimate of drug-likeness (QED) is 0.755. The molecule has 0 N–H and O–H groups in total. The summed E-state index contributed by atoms with van der Waals surface area (Å²) >= 11 is 0. The molecule has 1 aliphatic heterocycles. The van der Waals surface area contributed by atoms with Gasteiger partial charge in [0.2, 0.25) is 0 Å². The first-order valence-corrected chi connectivity index (χ1v) is 8.63. The van der Waals surface area contributed by atoms with Gasteiger partial charge in [-0.3, -0.25) is 9.69 Å². The topological polar surface area (TPSA) is 32.8 Å². The molecule has 0 spiro atoms. The van der Waals surface area contributed by atoms with Gasteiger partial charge in [-0.15, -0.1) is 0 Å². The van der Waals surface area contributed by atoms with Crippen molar-refractivity contribution >= 4 is 5.97 Å². The summed E-state index contributed by atoms with van der Waals surface area (Å²) in [6.45, 7) is 12.1. The van der Waals surface area contributed by atoms with E-state index in [1.165, 1.54) is 5.56 Å². The Kier molecular flexibility index (Phi) is 6.60. The first kappa shape index (κ1) is 18.0. The van der Waals surface area contributed by atoms with Gasteiger partial charge in [0.05, 0.1) is 0 Å². The molecule has 1 heterocycles. The number of esters is 1. The summed E-state index contributed by atoms with van der Waals surface area (Å²) in [4.78, 5) is 16.7. The molecular weight excluding hydrogens is 288 g/mol. The Morgan fingerprint density at radius 1 is 1.04 bits per heavy atom. The third-order valence-corrected chi connectivity index (χ3v) is 3.99. The highest BCUT2D eigenvalue weighted by atomic mass is 16.6. The summed E-state index contributed by atoms with van der Waals surface area (Å²) < 4.78 is 5.34. The van der Waals surface area contributed by atoms with E-state index in [4.69, 9.17) is 4.74 Å². The van der Waals surface area contributed by atoms with Crippen LogP contribution in [0.3, 0.4) is 0 Å². The van der Waals surface area contributed by atoms with Crippen molar-refractivity contribution in [3.63, 3.8) is 0 Å². The molecule has 1 saturated heterocycles. The van der Waals surface area contributed by atoms with Crippen molar-refractivity contribution in [2.75, 3.05) is 32.7 Å². The van der Waals surface area contributed by atoms with Gasteiger partial charge in [0.15, 0.2) is 0 Å². The lowest BCUT2D eigenvalue weighted by Crippen LogP contribution is -2.46. The number of piperazine rings is 1. The second-order valence-corrected chi connectivity index (χ2v) is 7.29. The summed E-state index contributed by atoms with van der Waals surface area (Å²) in [5.74, 6) is -0.0831. The second-order valence-electron chi connectivity index (χ2n) is 7.29. The van der Waals surface area contributed by atoms with Gasteiger partial charge in [0.1, 0.15) is 5.60 Å². The van der Waals surface area contributed by atoms with Crippen LogP contribution in [-0.4, -0.2) is 54.1 Å². The van der Waals surface area contributed by atoms with Gasteiger partial charge < -0.3 is 9.64 Å². The van der Waals surface area contributed by atoms with Gasteiger partial charge in [-0.1, -0.05) is 30.3 Å². The number of carbonyl (C=O) groups excluding carboxylic acids is 1. The highest BCUT2D eigenvalue weighted by Gasteiger charge is 2.18. The van der Waals surface area contributed by atoms with E-state index >= 15 is 0 Å². The molecule has 0 saturated carbocycles. The maximum atomic E-state index is 11.7. The molecule has 4 heteroatoms. The second kappa shape index (κ2) is 8.46. The molecule has 1 aliphatic rings. The molecule has 0 aliphatic carbocycles. The summed E-state index contributed by atoms with van der Waals surface area (Å²) in [5, 5.41) is 0. The zero-order valence-electron chi connectivity index (χ0n) is 14.8. The molecule has 2 rings (SSSR count). The van der Waals surface area contributed by atoms with Crippen LogP contribution in [0.5, 0.6) is 0 Å². The summed E-state index contributed by atoms with van der Waals surface area (Å²) in [7, 11) is 0. The highest BCUT2D eigenvalue weighted by Crippen LogP contribution is 2.11. The lowest BCUT2D eigenvalue weighted by Gasteiger charge is -2.34. The Hall–Kier alpha value is -1.39. The van der Waals surface area contributed by atoms with Crippen molar-refractivity contribution in [3.8, 4) is 0 Å². The largest absolute Gasteiger partial charge is 0.460 e. The predicted octanol–water partition coefficient (Wildman–Crippen LogP) is 2.93. The summed E-state index contributed by atoms with van der Waals surface area (Å²) in [6, 6.07) is 10.6. The molecule has 1 aromatic rings. The fourth-order valence-electron chi connectivity index (χ4n) is 2.85. The Balaban J connectivity index is 1.61. The Bertz CT molecular complexity index is 474. The number of hydrogen-bond acceptors (Lipinski definition) is 4. The Labute approximate surface area is 140 Å². The van der Waals surface area contributed by atoms with Gasteiger partial charge in [-0.05, 0) is 39.3 Å². The predicted molar refractivity (Wildman–Crippen MR) is 93.2 cm³/mol. The molecule has 0 amide bonds. The molecule has 0 radical (unpaired) electrons. The van der Waals surface area contributed by atoms with Crippen molar-refractivity contribution in [2.45, 2.75) is 45.8 Å². The summed E-state index contributed by atoms with van der Waals surface area (Å²) in [6.07, 6.45) is 1.40. The van der Waals surface area contributed by atoms with Crippen molar-refractivity contribution in [1.82, 2.24) is 9.80 Å². The van der Waals surface area contributed by atoms with E-state index in [9.17, 15) is 4.79 Å². The molecule has 0 aromatic heterocycles. The molecule has 0 bridgehead atoms. The zero-order chi connectivity index (χ0) is 16.7. The lowest BCUT2D eigenvalue weighted by molar-refractivity contribution is -0.155. The van der Waals surface area contributed by atoms with Gasteiger partial charge >= 0.3 is 5.97 Å². The average molecular weight is 318 g/mol. The van der Waals surface area contributed by atoms with Crippen LogP contribution < -0.4 is 0 Å². The van der Waals surface area contributed by atoms with Gasteiger partial charge in [-0.2, -0.15) is 0 Å². The summed E-state index contributed by atoms with van der Waals surface area (Å²) in [5.41, 5.74) is 1.01. The fourth-order valence-corrected chi connectivity index (χ4v) is 2.85. The standard InChI is InChI=1S/C19H30N2O2/c1-19(2,3)23-18(22)10-7-11-20-12-14-21(15-13-20)16-17-8-5-4-6-9-17/h4-6,8-9H,7,10-16H2,1-3H3. The Morgan fingerprint density at radius 2 is 1.65 bits per heavy atom. The number of nitrogens with zero attached hydrogens (tertiary/aromatic N) is 2. The molecule has 1 aromatic carbocycles. The smallest absolute Gasteiger partial charge is 0.306 e. The van der Waals surface area contributed by atoms with Gasteiger partial charge in [0, 0.05) is 39.1 Å². The van der Waals surface area contributed by atoms with Gasteiger partial charge in [-0.25, -0.2) is 0 Å². The number of rotatable bonds is 6. The number of carbonyl (C=O) groups is 1. The van der Waals surface area contributed by atoms with Crippen LogP contribution in [0.15, 0.2) is 30.3 Å². The normalized spacial score (nSPS) is 17.2. The van der Waals surface area contributed by atoms with Crippen LogP contribution in [0, 0.1) is 0 Å². The van der Waals surface area contributed by atoms with Crippen molar-refractivity contribution in [2.24, 2.45) is 0 Å². The monoisotopic (exact) mass is 318 g/mol. The molecule has 1 fully saturated rings. The van der Waals surface area contributed by atoms with E-state index in [1.54, 1.807) is 0 Å². The van der Waals surface area contributed by atoms with Crippen molar-refractivity contribution < 1.29 is 9.53 Å². The molecule has 23 heavy (non-hydrogen) atoms. The van der Waals surface area contributed by atoms with E-state index in [1.807, 2.05) is 20.8 Å². The van der Waals surface area contributed by atoms with Crippen LogP contribution in [0.2, 0.25) is 0 Å². The van der Waals surface area contributed by atoms with E-state index < -0.39 is 0 Å². The zero-order valence-corrected chi connectivity index (χ0v) is 14.8. The van der Waals surface area contributed by atoms with Crippen LogP contribution >= 0.6 is 0 Å². The minimum Gasteiger partial charge on any atom is -0.460 e. The SMILES string of the molecule is CC(C)(C)OC(=O)CCCN1CCN(Cc2ccccc2)CC1. The van der Waals surface area contributed by atoms with Crippen molar-refractivity contribution in [1.29, 1.82) is 0 Å². The number of ether oxygens (including phenoxy) is 1. The van der Waals surface area contributed by atoms with Crippen LogP contribution in [0.1, 0.15) is 39.2 Å². The van der Waals surface area contributed by atoms with E-state index in [2.05, 4.69) is 40.1 Å². The molecular formula is C19H30N2O2. The first-order valence-electron chi connectivity index (χ1n) is 8.63. The molecule has 0 unspecified atom stereocenters. The van der Waals surface area contributed by atoms with E-state index in [-0.39, 0.29) is 11.6 Å². The third-order valence-electron chi connectivity index (χ3n) is 3.99. The minimum atomic E-state index is -0.375. The molecule has 0 atom stereocenters. The first-order chi connectivity index (χ1) is 10.9. The van der Waals surface area contributed by atoms with Crippen LogP contribution in [0.25, 0.3) is 0 Å². The molecule has 128 valence electrons. The van der Waals surface area contributed by atoms with E-state index in [0.29, 0.717) is 6.42 Å². The average Bonchev–Trinajstić information content (AvgIpc) is 2.48. The third kappa shape index (κ3) is 7.14. The number of benzene rings is 1. The van der Waals surface area contributed by atoms with Gasteiger partial charge in [0.25, 0.3) is 0 Å². The molecule has 4 nitrogen and oxygen atoms in total. The van der Waals surface area contributed by atoms with E-state index in [0.717, 1.165) is 45.7 Å². The lowest BCUT2D eigenvalue weighted by atomic mass is 10.2. The number of hydrogen-bond donors (Lipinski definition) is 0. The van der Waals surface area contributed by atoms with Crippen molar-refractivity contribution in [3.05, 3.63) is 35.9 Å². The maximum absolute atomic E-state index is 11.7. The van der Waals surface area contributed by atoms with Crippen LogP contribution in [0.4, 0.5) is 0 Å².